The molecule has 4 aromatic rings. The third kappa shape index (κ3) is 3.73. The lowest BCUT2D eigenvalue weighted by Gasteiger charge is -2.03. The van der Waals surface area contributed by atoms with Crippen LogP contribution < -0.4 is 5.32 Å². The number of halogens is 1. The molecule has 0 saturated carbocycles. The maximum Gasteiger partial charge on any atom is 0.236 e. The molecule has 0 aliphatic heterocycles. The van der Waals surface area contributed by atoms with Gasteiger partial charge in [-0.1, -0.05) is 41.6 Å². The summed E-state index contributed by atoms with van der Waals surface area (Å²) in [5.74, 6) is 0.125. The average Bonchev–Trinajstić information content (AvgIpc) is 3.30. The number of benzene rings is 1. The van der Waals surface area contributed by atoms with E-state index < -0.39 is 0 Å². The molecule has 1 aromatic carbocycles. The first-order valence-electron chi connectivity index (χ1n) is 7.52. The molecule has 5 nitrogen and oxygen atoms in total. The van der Waals surface area contributed by atoms with Crippen molar-refractivity contribution in [2.24, 2.45) is 0 Å². The van der Waals surface area contributed by atoms with Gasteiger partial charge in [0.05, 0.1) is 11.4 Å². The SMILES string of the molecule is O=C(CSc1ncnc2sccc12)Nc1nc(-c2ccccc2Cl)cs1. The zero-order valence-electron chi connectivity index (χ0n) is 13.2. The molecule has 0 atom stereocenters. The minimum atomic E-state index is -0.128. The number of thiazole rings is 1. The molecule has 130 valence electrons. The van der Waals surface area contributed by atoms with Crippen molar-refractivity contribution in [1.29, 1.82) is 0 Å². The van der Waals surface area contributed by atoms with E-state index in [9.17, 15) is 4.79 Å². The van der Waals surface area contributed by atoms with E-state index in [1.54, 1.807) is 11.3 Å². The number of aromatic nitrogens is 3. The lowest BCUT2D eigenvalue weighted by molar-refractivity contribution is -0.113. The predicted octanol–water partition coefficient (Wildman–Crippen LogP) is 5.20. The first-order chi connectivity index (χ1) is 12.7. The summed E-state index contributed by atoms with van der Waals surface area (Å²) < 4.78 is 0. The normalized spacial score (nSPS) is 11.0. The van der Waals surface area contributed by atoms with Gasteiger partial charge in [0, 0.05) is 21.4 Å². The van der Waals surface area contributed by atoms with Crippen LogP contribution in [0.15, 0.2) is 52.4 Å². The Morgan fingerprint density at radius 1 is 1.19 bits per heavy atom. The third-order valence-electron chi connectivity index (χ3n) is 3.47. The Morgan fingerprint density at radius 3 is 2.96 bits per heavy atom. The van der Waals surface area contributed by atoms with Crippen molar-refractivity contribution in [3.63, 3.8) is 0 Å². The van der Waals surface area contributed by atoms with Crippen LogP contribution >= 0.6 is 46.0 Å². The topological polar surface area (TPSA) is 67.8 Å². The fraction of sp³-hybridized carbons (Fsp3) is 0.0588. The van der Waals surface area contributed by atoms with Gasteiger partial charge in [-0.05, 0) is 17.5 Å². The van der Waals surface area contributed by atoms with Crippen LogP contribution in [-0.2, 0) is 4.79 Å². The molecule has 3 aromatic heterocycles. The van der Waals surface area contributed by atoms with Crippen molar-refractivity contribution in [2.75, 3.05) is 11.1 Å². The lowest BCUT2D eigenvalue weighted by atomic mass is 10.2. The molecule has 0 unspecified atom stereocenters. The zero-order valence-corrected chi connectivity index (χ0v) is 16.4. The predicted molar refractivity (Wildman–Crippen MR) is 109 cm³/mol. The van der Waals surface area contributed by atoms with Crippen LogP contribution in [-0.4, -0.2) is 26.6 Å². The number of nitrogens with zero attached hydrogens (tertiary/aromatic N) is 3. The van der Waals surface area contributed by atoms with Gasteiger partial charge >= 0.3 is 0 Å². The summed E-state index contributed by atoms with van der Waals surface area (Å²) in [7, 11) is 0. The van der Waals surface area contributed by atoms with Crippen LogP contribution in [0.4, 0.5) is 5.13 Å². The molecule has 0 fully saturated rings. The highest BCUT2D eigenvalue weighted by molar-refractivity contribution is 8.00. The van der Waals surface area contributed by atoms with Gasteiger partial charge in [0.25, 0.3) is 0 Å². The first kappa shape index (κ1) is 17.4. The van der Waals surface area contributed by atoms with Gasteiger partial charge in [-0.3, -0.25) is 4.79 Å². The number of hydrogen-bond donors (Lipinski definition) is 1. The van der Waals surface area contributed by atoms with Crippen LogP contribution in [0.1, 0.15) is 0 Å². The van der Waals surface area contributed by atoms with Crippen molar-refractivity contribution in [1.82, 2.24) is 15.0 Å². The quantitative estimate of drug-likeness (QED) is 0.356. The van der Waals surface area contributed by atoms with Crippen molar-refractivity contribution in [3.05, 3.63) is 52.4 Å². The molecule has 1 amide bonds. The monoisotopic (exact) mass is 418 g/mol. The Balaban J connectivity index is 1.41. The Bertz CT molecular complexity index is 1080. The summed E-state index contributed by atoms with van der Waals surface area (Å²) in [6, 6.07) is 9.47. The van der Waals surface area contributed by atoms with Crippen LogP contribution in [0.2, 0.25) is 5.02 Å². The van der Waals surface area contributed by atoms with E-state index in [1.807, 2.05) is 41.1 Å². The second-order valence-electron chi connectivity index (χ2n) is 5.17. The van der Waals surface area contributed by atoms with Gasteiger partial charge in [0.2, 0.25) is 5.91 Å². The molecule has 0 bridgehead atoms. The summed E-state index contributed by atoms with van der Waals surface area (Å²) in [5.41, 5.74) is 1.60. The Kier molecular flexibility index (Phi) is 5.16. The molecular weight excluding hydrogens is 408 g/mol. The van der Waals surface area contributed by atoms with Crippen LogP contribution in [0.25, 0.3) is 21.5 Å². The smallest absolute Gasteiger partial charge is 0.236 e. The van der Waals surface area contributed by atoms with E-state index in [-0.39, 0.29) is 11.7 Å². The highest BCUT2D eigenvalue weighted by Gasteiger charge is 2.12. The number of fused-ring (bicyclic) bond motifs is 1. The number of anilines is 1. The summed E-state index contributed by atoms with van der Waals surface area (Å²) >= 11 is 10.5. The Labute approximate surface area is 166 Å². The summed E-state index contributed by atoms with van der Waals surface area (Å²) in [6.45, 7) is 0. The van der Waals surface area contributed by atoms with Gasteiger partial charge < -0.3 is 5.32 Å². The number of thioether (sulfide) groups is 1. The van der Waals surface area contributed by atoms with Crippen molar-refractivity contribution >= 4 is 67.3 Å². The molecule has 3 heterocycles. The molecule has 4 rings (SSSR count). The highest BCUT2D eigenvalue weighted by atomic mass is 35.5. The molecule has 26 heavy (non-hydrogen) atoms. The maximum atomic E-state index is 12.2. The molecule has 0 saturated heterocycles. The van der Waals surface area contributed by atoms with Gasteiger partial charge in [-0.25, -0.2) is 15.0 Å². The number of carbonyl (C=O) groups is 1. The van der Waals surface area contributed by atoms with E-state index in [0.717, 1.165) is 26.5 Å². The molecular formula is C17H11ClN4OS3. The van der Waals surface area contributed by atoms with E-state index in [2.05, 4.69) is 20.3 Å². The first-order valence-corrected chi connectivity index (χ1v) is 10.6. The third-order valence-corrected chi connectivity index (χ3v) is 6.38. The Morgan fingerprint density at radius 2 is 2.08 bits per heavy atom. The summed E-state index contributed by atoms with van der Waals surface area (Å²) in [4.78, 5) is 26.1. The summed E-state index contributed by atoms with van der Waals surface area (Å²) in [6.07, 6.45) is 1.52. The number of rotatable bonds is 5. The van der Waals surface area contributed by atoms with E-state index in [4.69, 9.17) is 11.6 Å². The van der Waals surface area contributed by atoms with Gasteiger partial charge in [0.15, 0.2) is 5.13 Å². The molecule has 0 radical (unpaired) electrons. The number of thiophene rings is 1. The minimum Gasteiger partial charge on any atom is -0.301 e. The number of nitrogens with one attached hydrogen (secondary N) is 1. The van der Waals surface area contributed by atoms with Crippen molar-refractivity contribution in [2.45, 2.75) is 5.03 Å². The van der Waals surface area contributed by atoms with Gasteiger partial charge in [-0.2, -0.15) is 0 Å². The maximum absolute atomic E-state index is 12.2. The van der Waals surface area contributed by atoms with Crippen LogP contribution in [0.5, 0.6) is 0 Å². The number of hydrogen-bond acceptors (Lipinski definition) is 7. The largest absolute Gasteiger partial charge is 0.301 e. The zero-order chi connectivity index (χ0) is 17.9. The second kappa shape index (κ2) is 7.71. The van der Waals surface area contributed by atoms with Crippen LogP contribution in [0, 0.1) is 0 Å². The molecule has 0 aliphatic rings. The van der Waals surface area contributed by atoms with E-state index in [1.165, 1.54) is 29.4 Å². The Hall–Kier alpha value is -2.00. The van der Waals surface area contributed by atoms with Crippen LogP contribution in [0.3, 0.4) is 0 Å². The van der Waals surface area contributed by atoms with E-state index >= 15 is 0 Å². The average molecular weight is 419 g/mol. The molecule has 9 heteroatoms. The minimum absolute atomic E-state index is 0.128. The molecule has 0 aliphatic carbocycles. The summed E-state index contributed by atoms with van der Waals surface area (Å²) in [5, 5.41) is 9.64. The van der Waals surface area contributed by atoms with Crippen molar-refractivity contribution in [3.8, 4) is 11.3 Å². The number of carbonyl (C=O) groups excluding carboxylic acids is 1. The lowest BCUT2D eigenvalue weighted by Crippen LogP contribution is -2.13. The highest BCUT2D eigenvalue weighted by Crippen LogP contribution is 2.31. The van der Waals surface area contributed by atoms with Gasteiger partial charge in [-0.15, -0.1) is 22.7 Å². The van der Waals surface area contributed by atoms with E-state index in [0.29, 0.717) is 10.2 Å². The fourth-order valence-electron chi connectivity index (χ4n) is 2.30. The fourth-order valence-corrected chi connectivity index (χ4v) is 4.83. The standard InChI is InChI=1S/C17H11ClN4OS3/c18-12-4-2-1-3-10(12)13-7-26-17(21-13)22-14(23)8-25-16-11-5-6-24-15(11)19-9-20-16/h1-7,9H,8H2,(H,21,22,23). The van der Waals surface area contributed by atoms with Crippen molar-refractivity contribution < 1.29 is 4.79 Å². The number of amides is 1. The second-order valence-corrected chi connectivity index (χ2v) is 8.30. The molecule has 0 spiro atoms. The molecule has 1 N–H and O–H groups in total. The van der Waals surface area contributed by atoms with Gasteiger partial charge in [0.1, 0.15) is 16.2 Å².